The normalized spacial score (nSPS) is 21.9. The molecular weight excluding hydrogens is 374 g/mol. The molecule has 0 radical (unpaired) electrons. The lowest BCUT2D eigenvalue weighted by molar-refractivity contribution is -0.153. The molecule has 6 nitrogen and oxygen atoms in total. The van der Waals surface area contributed by atoms with Crippen molar-refractivity contribution in [3.05, 3.63) is 29.3 Å². The first-order valence-electron chi connectivity index (χ1n) is 10.1. The maximum absolute atomic E-state index is 13.0. The number of hydrogen-bond acceptors (Lipinski definition) is 5. The highest BCUT2D eigenvalue weighted by Crippen LogP contribution is 2.44. The van der Waals surface area contributed by atoms with Gasteiger partial charge in [0.05, 0.1) is 15.2 Å². The van der Waals surface area contributed by atoms with E-state index in [1.165, 1.54) is 4.70 Å². The number of benzene rings is 1. The number of primary amides is 1. The molecule has 1 spiro atoms. The first-order valence-corrected chi connectivity index (χ1v) is 10.9. The van der Waals surface area contributed by atoms with Crippen molar-refractivity contribution in [2.45, 2.75) is 51.0 Å². The lowest BCUT2D eigenvalue weighted by Crippen LogP contribution is -2.61. The lowest BCUT2D eigenvalue weighted by atomic mass is 9.67. The number of nitrogens with zero attached hydrogens (tertiary/aromatic N) is 2. The van der Waals surface area contributed by atoms with Crippen LogP contribution < -0.4 is 5.73 Å². The predicted octanol–water partition coefficient (Wildman–Crippen LogP) is 2.89. The molecule has 2 fully saturated rings. The minimum atomic E-state index is -0.500. The number of thiazole rings is 1. The number of carbonyl (C=O) groups excluding carboxylic acids is 2. The van der Waals surface area contributed by atoms with E-state index in [1.54, 1.807) is 16.2 Å². The Morgan fingerprint density at radius 1 is 1.25 bits per heavy atom. The summed E-state index contributed by atoms with van der Waals surface area (Å²) in [5.74, 6) is -0.336. The number of aromatic nitrogens is 1. The van der Waals surface area contributed by atoms with E-state index in [1.807, 2.05) is 18.2 Å². The summed E-state index contributed by atoms with van der Waals surface area (Å²) < 4.78 is 6.67. The average molecular weight is 402 g/mol. The van der Waals surface area contributed by atoms with Gasteiger partial charge in [0.1, 0.15) is 6.04 Å². The highest BCUT2D eigenvalue weighted by molar-refractivity contribution is 7.18. The van der Waals surface area contributed by atoms with Gasteiger partial charge in [-0.3, -0.25) is 9.59 Å². The third kappa shape index (κ3) is 3.78. The molecule has 1 aromatic carbocycles. The summed E-state index contributed by atoms with van der Waals surface area (Å²) in [4.78, 5) is 31.7. The topological polar surface area (TPSA) is 85.5 Å². The molecule has 1 aromatic heterocycles. The van der Waals surface area contributed by atoms with E-state index in [0.29, 0.717) is 26.2 Å². The number of rotatable bonds is 5. The summed E-state index contributed by atoms with van der Waals surface area (Å²) in [6.45, 7) is 1.91. The first kappa shape index (κ1) is 19.3. The van der Waals surface area contributed by atoms with Gasteiger partial charge in [-0.25, -0.2) is 4.98 Å². The molecule has 0 bridgehead atoms. The molecule has 2 aromatic rings. The smallest absolute Gasteiger partial charge is 0.240 e. The molecular formula is C21H27N3O3S. The molecule has 28 heavy (non-hydrogen) atoms. The minimum absolute atomic E-state index is 0.0375. The number of fused-ring (bicyclic) bond motifs is 1. The van der Waals surface area contributed by atoms with E-state index < -0.39 is 6.04 Å². The molecule has 2 aliphatic heterocycles. The van der Waals surface area contributed by atoms with Gasteiger partial charge in [0.15, 0.2) is 0 Å². The Morgan fingerprint density at radius 2 is 2.04 bits per heavy atom. The van der Waals surface area contributed by atoms with Crippen molar-refractivity contribution in [1.82, 2.24) is 9.88 Å². The number of likely N-dealkylation sites (tertiary alicyclic amines) is 1. The standard InChI is InChI=1S/C21H27N3O3S/c22-20(26)19-21(10-13-27-14-11-21)9-4-12-24(19)18(25)8-3-7-17-23-15-5-1-2-6-16(15)28-17/h1-2,5-6,19H,3-4,7-14H2,(H2,22,26). The summed E-state index contributed by atoms with van der Waals surface area (Å²) in [5, 5.41) is 1.06. The van der Waals surface area contributed by atoms with Gasteiger partial charge in [-0.15, -0.1) is 11.3 Å². The van der Waals surface area contributed by atoms with E-state index in [9.17, 15) is 9.59 Å². The number of carbonyl (C=O) groups is 2. The second kappa shape index (κ2) is 8.17. The van der Waals surface area contributed by atoms with Crippen LogP contribution in [-0.4, -0.2) is 47.5 Å². The van der Waals surface area contributed by atoms with Gasteiger partial charge in [0.25, 0.3) is 0 Å². The minimum Gasteiger partial charge on any atom is -0.381 e. The molecule has 2 saturated heterocycles. The SMILES string of the molecule is NC(=O)C1N(C(=O)CCCc2nc3ccccc3s2)CCCC12CCOCC2. The zero-order valence-corrected chi connectivity index (χ0v) is 16.9. The van der Waals surface area contributed by atoms with Crippen LogP contribution >= 0.6 is 11.3 Å². The number of nitrogens with two attached hydrogens (primary N) is 1. The third-order valence-corrected chi connectivity index (χ3v) is 7.26. The van der Waals surface area contributed by atoms with Gasteiger partial charge in [0, 0.05) is 31.6 Å². The molecule has 0 aliphatic carbocycles. The largest absolute Gasteiger partial charge is 0.381 e. The van der Waals surface area contributed by atoms with Crippen LogP contribution in [0.3, 0.4) is 0 Å². The molecule has 7 heteroatoms. The predicted molar refractivity (Wildman–Crippen MR) is 109 cm³/mol. The van der Waals surface area contributed by atoms with Crippen molar-refractivity contribution < 1.29 is 14.3 Å². The maximum Gasteiger partial charge on any atom is 0.240 e. The van der Waals surface area contributed by atoms with Crippen LogP contribution in [0.15, 0.2) is 24.3 Å². The second-order valence-corrected chi connectivity index (χ2v) is 9.01. The van der Waals surface area contributed by atoms with Crippen LogP contribution in [0.5, 0.6) is 0 Å². The summed E-state index contributed by atoms with van der Waals surface area (Å²) >= 11 is 1.68. The van der Waals surface area contributed by atoms with E-state index >= 15 is 0 Å². The molecule has 4 rings (SSSR count). The van der Waals surface area contributed by atoms with Crippen molar-refractivity contribution in [1.29, 1.82) is 0 Å². The van der Waals surface area contributed by atoms with Crippen molar-refractivity contribution in [3.63, 3.8) is 0 Å². The maximum atomic E-state index is 13.0. The molecule has 2 N–H and O–H groups in total. The molecule has 1 atom stereocenters. The summed E-state index contributed by atoms with van der Waals surface area (Å²) in [6.07, 6.45) is 5.40. The first-order chi connectivity index (χ1) is 13.6. The van der Waals surface area contributed by atoms with Crippen LogP contribution in [0.2, 0.25) is 0 Å². The molecule has 3 heterocycles. The Kier molecular flexibility index (Phi) is 5.64. The van der Waals surface area contributed by atoms with Gasteiger partial charge in [-0.05, 0) is 50.7 Å². The van der Waals surface area contributed by atoms with Crippen molar-refractivity contribution in [2.75, 3.05) is 19.8 Å². The van der Waals surface area contributed by atoms with Crippen molar-refractivity contribution in [2.24, 2.45) is 11.1 Å². The fourth-order valence-electron chi connectivity index (χ4n) is 4.78. The third-order valence-electron chi connectivity index (χ3n) is 6.16. The van der Waals surface area contributed by atoms with E-state index in [0.717, 1.165) is 49.0 Å². The summed E-state index contributed by atoms with van der Waals surface area (Å²) in [5.41, 5.74) is 6.59. The number of hydrogen-bond donors (Lipinski definition) is 1. The molecule has 2 aliphatic rings. The Labute approximate surface area is 169 Å². The fourth-order valence-corrected chi connectivity index (χ4v) is 5.79. The highest BCUT2D eigenvalue weighted by Gasteiger charge is 2.49. The fraction of sp³-hybridized carbons (Fsp3) is 0.571. The van der Waals surface area contributed by atoms with Crippen LogP contribution in [0, 0.1) is 5.41 Å². The monoisotopic (exact) mass is 401 g/mol. The lowest BCUT2D eigenvalue weighted by Gasteiger charge is -2.50. The van der Waals surface area contributed by atoms with Crippen molar-refractivity contribution in [3.8, 4) is 0 Å². The Bertz CT molecular complexity index is 821. The molecule has 0 saturated carbocycles. The summed E-state index contributed by atoms with van der Waals surface area (Å²) in [6, 6.07) is 7.58. The van der Waals surface area contributed by atoms with Crippen LogP contribution in [0.25, 0.3) is 10.2 Å². The highest BCUT2D eigenvalue weighted by atomic mass is 32.1. The Hall–Kier alpha value is -1.99. The zero-order valence-electron chi connectivity index (χ0n) is 16.1. The summed E-state index contributed by atoms with van der Waals surface area (Å²) in [7, 11) is 0. The number of ether oxygens (including phenoxy) is 1. The number of piperidine rings is 1. The van der Waals surface area contributed by atoms with Crippen LogP contribution in [0.4, 0.5) is 0 Å². The van der Waals surface area contributed by atoms with Crippen molar-refractivity contribution >= 4 is 33.4 Å². The zero-order chi connectivity index (χ0) is 19.6. The van der Waals surface area contributed by atoms with E-state index in [4.69, 9.17) is 10.5 Å². The van der Waals surface area contributed by atoms with Gasteiger partial charge in [-0.2, -0.15) is 0 Å². The van der Waals surface area contributed by atoms with Gasteiger partial charge in [0.2, 0.25) is 11.8 Å². The second-order valence-electron chi connectivity index (χ2n) is 7.90. The van der Waals surface area contributed by atoms with Gasteiger partial charge in [-0.1, -0.05) is 12.1 Å². The quantitative estimate of drug-likeness (QED) is 0.835. The number of para-hydroxylation sites is 1. The number of amides is 2. The Balaban J connectivity index is 1.40. The van der Waals surface area contributed by atoms with Crippen LogP contribution in [0.1, 0.15) is 43.5 Å². The number of aryl methyl sites for hydroxylation is 1. The van der Waals surface area contributed by atoms with E-state index in [2.05, 4.69) is 11.1 Å². The molecule has 2 amide bonds. The molecule has 150 valence electrons. The van der Waals surface area contributed by atoms with Gasteiger partial charge >= 0.3 is 0 Å². The van der Waals surface area contributed by atoms with Gasteiger partial charge < -0.3 is 15.4 Å². The van der Waals surface area contributed by atoms with Crippen LogP contribution in [-0.2, 0) is 20.7 Å². The average Bonchev–Trinajstić information content (AvgIpc) is 3.10. The Morgan fingerprint density at radius 3 is 2.79 bits per heavy atom. The van der Waals surface area contributed by atoms with E-state index in [-0.39, 0.29) is 17.2 Å². The molecule has 1 unspecified atom stereocenters.